The fourth-order valence-electron chi connectivity index (χ4n) is 3.34. The van der Waals surface area contributed by atoms with E-state index >= 15 is 0 Å². The van der Waals surface area contributed by atoms with Crippen LogP contribution >= 0.6 is 34.9 Å². The number of carbonyl (C=O) groups is 4. The standard InChI is InChI=1S/C17H16N6O6S3/c1-22-17(19-20-21-22)32-6-7-5-31-14-10(13(25)23(14)11(7)16(28)29)18-12(24)9(15(26)27)8-3-2-4-30-8/h2-4,9-10,14H,5-6H2,1H3,(H,18,24)(H,26,27)(H,28,29)/t9?,10?,14-/m1/s1. The number of rotatable bonds is 8. The lowest BCUT2D eigenvalue weighted by atomic mass is 10.0. The van der Waals surface area contributed by atoms with Crippen LogP contribution in [0.5, 0.6) is 0 Å². The lowest BCUT2D eigenvalue weighted by molar-refractivity contribution is -0.152. The summed E-state index contributed by atoms with van der Waals surface area (Å²) in [6, 6.07) is 2.17. The molecule has 3 atom stereocenters. The predicted molar refractivity (Wildman–Crippen MR) is 114 cm³/mol. The Hall–Kier alpha value is -2.91. The fraction of sp³-hybridized carbons (Fsp3) is 0.353. The van der Waals surface area contributed by atoms with Gasteiger partial charge in [-0.2, -0.15) is 0 Å². The molecule has 3 N–H and O–H groups in total. The number of aromatic nitrogens is 4. The first-order valence-corrected chi connectivity index (χ1v) is 12.0. The van der Waals surface area contributed by atoms with Crippen LogP contribution < -0.4 is 5.32 Å². The number of aryl methyl sites for hydroxylation is 1. The van der Waals surface area contributed by atoms with Crippen molar-refractivity contribution < 1.29 is 29.4 Å². The first kappa shape index (κ1) is 22.3. The van der Waals surface area contributed by atoms with Gasteiger partial charge < -0.3 is 15.5 Å². The summed E-state index contributed by atoms with van der Waals surface area (Å²) in [6.07, 6.45) is 0. The highest BCUT2D eigenvalue weighted by molar-refractivity contribution is 8.01. The number of tetrazole rings is 1. The Morgan fingerprint density at radius 2 is 2.16 bits per heavy atom. The van der Waals surface area contributed by atoms with Gasteiger partial charge in [-0.25, -0.2) is 9.48 Å². The second-order valence-electron chi connectivity index (χ2n) is 6.81. The van der Waals surface area contributed by atoms with Crippen LogP contribution in [-0.4, -0.2) is 82.0 Å². The molecule has 2 unspecified atom stereocenters. The van der Waals surface area contributed by atoms with E-state index in [2.05, 4.69) is 20.8 Å². The van der Waals surface area contributed by atoms with E-state index in [0.29, 0.717) is 21.4 Å². The fourth-order valence-corrected chi connectivity index (χ4v) is 6.49. The molecule has 0 radical (unpaired) electrons. The number of aliphatic carboxylic acids is 2. The van der Waals surface area contributed by atoms with Crippen molar-refractivity contribution >= 4 is 58.6 Å². The molecule has 0 aromatic carbocycles. The van der Waals surface area contributed by atoms with E-state index in [1.807, 2.05) is 0 Å². The van der Waals surface area contributed by atoms with Crippen LogP contribution in [0.1, 0.15) is 10.8 Å². The molecule has 0 bridgehead atoms. The van der Waals surface area contributed by atoms with Gasteiger partial charge in [0.05, 0.1) is 0 Å². The molecular formula is C17H16N6O6S3. The van der Waals surface area contributed by atoms with Gasteiger partial charge in [-0.15, -0.1) is 28.2 Å². The van der Waals surface area contributed by atoms with Crippen molar-refractivity contribution in [2.75, 3.05) is 11.5 Å². The number of carboxylic acid groups (broad SMARTS) is 2. The SMILES string of the molecule is Cn1nnnc1SCC1=C(C(=O)O)N2C(=O)C(NC(=O)C(C(=O)O)c3cccs3)[C@H]2SC1. The highest BCUT2D eigenvalue weighted by Crippen LogP contribution is 2.41. The normalized spacial score (nSPS) is 21.0. The van der Waals surface area contributed by atoms with Crippen molar-refractivity contribution in [3.63, 3.8) is 0 Å². The molecule has 4 heterocycles. The van der Waals surface area contributed by atoms with Crippen molar-refractivity contribution in [1.82, 2.24) is 30.4 Å². The second-order valence-corrected chi connectivity index (χ2v) is 9.84. The number of nitrogens with zero attached hydrogens (tertiary/aromatic N) is 5. The molecule has 32 heavy (non-hydrogen) atoms. The van der Waals surface area contributed by atoms with Crippen LogP contribution in [0.25, 0.3) is 0 Å². The quantitative estimate of drug-likeness (QED) is 0.255. The van der Waals surface area contributed by atoms with Crippen molar-refractivity contribution in [3.8, 4) is 0 Å². The van der Waals surface area contributed by atoms with E-state index in [4.69, 9.17) is 0 Å². The molecule has 2 amide bonds. The van der Waals surface area contributed by atoms with Gasteiger partial charge in [0, 0.05) is 23.4 Å². The summed E-state index contributed by atoms with van der Waals surface area (Å²) in [5.74, 6) is -4.81. The monoisotopic (exact) mass is 496 g/mol. The molecule has 0 spiro atoms. The summed E-state index contributed by atoms with van der Waals surface area (Å²) in [4.78, 5) is 50.4. The van der Waals surface area contributed by atoms with Crippen LogP contribution in [-0.2, 0) is 26.2 Å². The van der Waals surface area contributed by atoms with Crippen molar-refractivity contribution in [1.29, 1.82) is 0 Å². The summed E-state index contributed by atoms with van der Waals surface area (Å²) in [5, 5.41) is 34.3. The molecule has 168 valence electrons. The number of hydrogen-bond acceptors (Lipinski definition) is 10. The summed E-state index contributed by atoms with van der Waals surface area (Å²) in [5.41, 5.74) is 0.409. The minimum absolute atomic E-state index is 0.125. The number of carbonyl (C=O) groups excluding carboxylic acids is 2. The number of carboxylic acids is 2. The second kappa shape index (κ2) is 8.91. The summed E-state index contributed by atoms with van der Waals surface area (Å²) >= 11 is 3.68. The smallest absolute Gasteiger partial charge is 0.352 e. The molecule has 0 saturated carbocycles. The predicted octanol–water partition coefficient (Wildman–Crippen LogP) is -0.0293. The zero-order chi connectivity index (χ0) is 23.0. The maximum atomic E-state index is 12.8. The molecule has 0 aliphatic carbocycles. The molecule has 2 aliphatic heterocycles. The minimum Gasteiger partial charge on any atom is -0.480 e. The van der Waals surface area contributed by atoms with Crippen LogP contribution in [0.4, 0.5) is 0 Å². The van der Waals surface area contributed by atoms with Gasteiger partial charge in [-0.05, 0) is 27.4 Å². The first-order chi connectivity index (χ1) is 15.3. The number of thioether (sulfide) groups is 2. The minimum atomic E-state index is -1.44. The van der Waals surface area contributed by atoms with E-state index in [0.717, 1.165) is 16.2 Å². The van der Waals surface area contributed by atoms with Crippen LogP contribution in [0.15, 0.2) is 33.9 Å². The summed E-state index contributed by atoms with van der Waals surface area (Å²) in [7, 11) is 1.66. The number of fused-ring (bicyclic) bond motifs is 1. The van der Waals surface area contributed by atoms with Gasteiger partial charge in [-0.1, -0.05) is 17.8 Å². The van der Waals surface area contributed by atoms with Crippen molar-refractivity contribution in [2.45, 2.75) is 22.5 Å². The van der Waals surface area contributed by atoms with Gasteiger partial charge in [0.1, 0.15) is 17.1 Å². The van der Waals surface area contributed by atoms with Gasteiger partial charge in [0.15, 0.2) is 5.92 Å². The zero-order valence-electron chi connectivity index (χ0n) is 16.4. The molecule has 2 aromatic heterocycles. The molecule has 2 aliphatic rings. The van der Waals surface area contributed by atoms with E-state index in [1.165, 1.54) is 34.3 Å². The molecular weight excluding hydrogens is 480 g/mol. The van der Waals surface area contributed by atoms with Gasteiger partial charge in [0.2, 0.25) is 11.1 Å². The van der Waals surface area contributed by atoms with Gasteiger partial charge in [-0.3, -0.25) is 19.3 Å². The van der Waals surface area contributed by atoms with Crippen molar-refractivity contribution in [2.24, 2.45) is 7.05 Å². The van der Waals surface area contributed by atoms with Crippen molar-refractivity contribution in [3.05, 3.63) is 33.7 Å². The maximum Gasteiger partial charge on any atom is 0.352 e. The van der Waals surface area contributed by atoms with Gasteiger partial charge >= 0.3 is 11.9 Å². The average molecular weight is 497 g/mol. The highest BCUT2D eigenvalue weighted by atomic mass is 32.2. The van der Waals surface area contributed by atoms with E-state index in [1.54, 1.807) is 18.5 Å². The Morgan fingerprint density at radius 3 is 2.75 bits per heavy atom. The van der Waals surface area contributed by atoms with E-state index in [-0.39, 0.29) is 11.4 Å². The zero-order valence-corrected chi connectivity index (χ0v) is 18.8. The lowest BCUT2D eigenvalue weighted by Crippen LogP contribution is -2.71. The molecule has 1 saturated heterocycles. The summed E-state index contributed by atoms with van der Waals surface area (Å²) in [6.45, 7) is 0. The molecule has 2 aromatic rings. The Morgan fingerprint density at radius 1 is 1.38 bits per heavy atom. The van der Waals surface area contributed by atoms with Crippen LogP contribution in [0, 0.1) is 0 Å². The third kappa shape index (κ3) is 3.98. The summed E-state index contributed by atoms with van der Waals surface area (Å²) < 4.78 is 1.46. The van der Waals surface area contributed by atoms with E-state index < -0.39 is 41.1 Å². The third-order valence-electron chi connectivity index (χ3n) is 4.84. The number of β-lactam (4-membered cyclic amide) rings is 1. The largest absolute Gasteiger partial charge is 0.480 e. The number of hydrogen-bond donors (Lipinski definition) is 3. The molecule has 1 fully saturated rings. The van der Waals surface area contributed by atoms with Gasteiger partial charge in [0.25, 0.3) is 5.91 Å². The highest BCUT2D eigenvalue weighted by Gasteiger charge is 2.54. The molecule has 15 heteroatoms. The first-order valence-electron chi connectivity index (χ1n) is 9.11. The Kier molecular flexibility index (Phi) is 6.21. The number of nitrogens with one attached hydrogen (secondary N) is 1. The van der Waals surface area contributed by atoms with Crippen LogP contribution in [0.2, 0.25) is 0 Å². The Bertz CT molecular complexity index is 1120. The molecule has 12 nitrogen and oxygen atoms in total. The van der Waals surface area contributed by atoms with E-state index in [9.17, 15) is 29.4 Å². The maximum absolute atomic E-state index is 12.8. The number of amides is 2. The van der Waals surface area contributed by atoms with Crippen LogP contribution in [0.3, 0.4) is 0 Å². The average Bonchev–Trinajstić information content (AvgIpc) is 3.41. The lowest BCUT2D eigenvalue weighted by Gasteiger charge is -2.49. The number of thiophene rings is 1. The Balaban J connectivity index is 1.49. The molecule has 4 rings (SSSR count). The Labute approximate surface area is 193 Å². The topological polar surface area (TPSA) is 168 Å². The third-order valence-corrected chi connectivity index (χ3v) is 8.21.